The molecule has 1 amide bonds. The third-order valence-electron chi connectivity index (χ3n) is 4.28. The fraction of sp³-hybridized carbons (Fsp3) is 0.182. The Balaban J connectivity index is 1.77. The number of nitrogens with zero attached hydrogens (tertiary/aromatic N) is 1. The van der Waals surface area contributed by atoms with Gasteiger partial charge >= 0.3 is 0 Å². The van der Waals surface area contributed by atoms with Crippen molar-refractivity contribution in [3.63, 3.8) is 0 Å². The molecule has 0 fully saturated rings. The predicted molar refractivity (Wildman–Crippen MR) is 100 cm³/mol. The zero-order valence-electron chi connectivity index (χ0n) is 14.7. The first-order valence-corrected chi connectivity index (χ1v) is 8.60. The fourth-order valence-corrected chi connectivity index (χ4v) is 2.92. The Labute approximate surface area is 152 Å². The zero-order valence-corrected chi connectivity index (χ0v) is 14.7. The van der Waals surface area contributed by atoms with Gasteiger partial charge in [-0.1, -0.05) is 48.0 Å². The Kier molecular flexibility index (Phi) is 5.74. The lowest BCUT2D eigenvalue weighted by molar-refractivity contribution is -0.122. The highest BCUT2D eigenvalue weighted by atomic mass is 19.1. The van der Waals surface area contributed by atoms with Gasteiger partial charge in [0.1, 0.15) is 5.82 Å². The molecule has 0 saturated heterocycles. The summed E-state index contributed by atoms with van der Waals surface area (Å²) in [5, 5.41) is 3.00. The fourth-order valence-electron chi connectivity index (χ4n) is 2.92. The van der Waals surface area contributed by atoms with Crippen LogP contribution in [0.15, 0.2) is 72.9 Å². The molecule has 0 aliphatic carbocycles. The first kappa shape index (κ1) is 17.8. The zero-order chi connectivity index (χ0) is 18.4. The van der Waals surface area contributed by atoms with Crippen molar-refractivity contribution in [2.24, 2.45) is 0 Å². The summed E-state index contributed by atoms with van der Waals surface area (Å²) in [6, 6.07) is 19.8. The molecule has 3 nitrogen and oxygen atoms in total. The van der Waals surface area contributed by atoms with Crippen molar-refractivity contribution in [1.82, 2.24) is 10.3 Å². The van der Waals surface area contributed by atoms with Crippen LogP contribution in [-0.2, 0) is 17.8 Å². The van der Waals surface area contributed by atoms with Crippen LogP contribution in [0.2, 0.25) is 0 Å². The molecule has 3 rings (SSSR count). The molecule has 26 heavy (non-hydrogen) atoms. The highest BCUT2D eigenvalue weighted by Crippen LogP contribution is 2.21. The number of hydrogen-bond donors (Lipinski definition) is 1. The second-order valence-electron chi connectivity index (χ2n) is 6.34. The number of aromatic nitrogens is 1. The quantitative estimate of drug-likeness (QED) is 0.726. The normalized spacial score (nSPS) is 11.8. The molecule has 0 aliphatic heterocycles. The molecule has 4 heteroatoms. The second kappa shape index (κ2) is 8.39. The van der Waals surface area contributed by atoms with Gasteiger partial charge in [-0.15, -0.1) is 0 Å². The molecule has 2 aromatic carbocycles. The van der Waals surface area contributed by atoms with Crippen LogP contribution in [0.4, 0.5) is 4.39 Å². The molecule has 1 heterocycles. The Bertz CT molecular complexity index is 863. The maximum absolute atomic E-state index is 13.3. The molecular weight excluding hydrogens is 327 g/mol. The Morgan fingerprint density at radius 1 is 1.08 bits per heavy atom. The summed E-state index contributed by atoms with van der Waals surface area (Å²) in [6.45, 7) is 2.48. The highest BCUT2D eigenvalue weighted by molar-refractivity contribution is 5.83. The lowest BCUT2D eigenvalue weighted by atomic mass is 9.93. The molecule has 0 saturated carbocycles. The van der Waals surface area contributed by atoms with E-state index in [1.165, 1.54) is 12.1 Å². The average molecular weight is 348 g/mol. The van der Waals surface area contributed by atoms with Crippen LogP contribution >= 0.6 is 0 Å². The van der Waals surface area contributed by atoms with Crippen molar-refractivity contribution in [3.05, 3.63) is 101 Å². The van der Waals surface area contributed by atoms with E-state index in [0.29, 0.717) is 13.0 Å². The van der Waals surface area contributed by atoms with Gasteiger partial charge in [-0.2, -0.15) is 0 Å². The number of amides is 1. The van der Waals surface area contributed by atoms with Crippen molar-refractivity contribution in [1.29, 1.82) is 0 Å². The number of carbonyl (C=O) groups is 1. The Hall–Kier alpha value is -3.01. The third kappa shape index (κ3) is 4.76. The largest absolute Gasteiger partial charge is 0.351 e. The Morgan fingerprint density at radius 2 is 1.88 bits per heavy atom. The van der Waals surface area contributed by atoms with E-state index < -0.39 is 5.92 Å². The van der Waals surface area contributed by atoms with Gasteiger partial charge in [0.05, 0.1) is 5.92 Å². The van der Waals surface area contributed by atoms with E-state index in [1.54, 1.807) is 18.3 Å². The van der Waals surface area contributed by atoms with Crippen molar-refractivity contribution in [2.45, 2.75) is 25.8 Å². The molecular formula is C22H21FN2O. The van der Waals surface area contributed by atoms with Crippen molar-refractivity contribution in [3.8, 4) is 0 Å². The van der Waals surface area contributed by atoms with E-state index in [2.05, 4.69) is 10.3 Å². The number of aryl methyl sites for hydroxylation is 1. The van der Waals surface area contributed by atoms with Gasteiger partial charge in [-0.25, -0.2) is 4.39 Å². The van der Waals surface area contributed by atoms with Crippen LogP contribution in [0.1, 0.15) is 28.3 Å². The van der Waals surface area contributed by atoms with E-state index in [4.69, 9.17) is 0 Å². The number of pyridine rings is 1. The maximum atomic E-state index is 13.3. The van der Waals surface area contributed by atoms with Gasteiger partial charge in [-0.05, 0) is 42.3 Å². The molecule has 1 aromatic heterocycles. The minimum Gasteiger partial charge on any atom is -0.351 e. The summed E-state index contributed by atoms with van der Waals surface area (Å²) < 4.78 is 13.3. The minimum absolute atomic E-state index is 0.0937. The first-order valence-electron chi connectivity index (χ1n) is 8.60. The summed E-state index contributed by atoms with van der Waals surface area (Å²) in [4.78, 5) is 17.2. The molecule has 0 spiro atoms. The first-order chi connectivity index (χ1) is 12.6. The van der Waals surface area contributed by atoms with Crippen LogP contribution in [0.25, 0.3) is 0 Å². The lowest BCUT2D eigenvalue weighted by Gasteiger charge is -2.17. The van der Waals surface area contributed by atoms with E-state index in [0.717, 1.165) is 22.4 Å². The molecule has 0 radical (unpaired) electrons. The summed E-state index contributed by atoms with van der Waals surface area (Å²) in [6.07, 6.45) is 2.17. The maximum Gasteiger partial charge on any atom is 0.228 e. The molecule has 1 N–H and O–H groups in total. The number of nitrogens with one attached hydrogen (secondary N) is 1. The van der Waals surface area contributed by atoms with E-state index in [-0.39, 0.29) is 11.7 Å². The average Bonchev–Trinajstić information content (AvgIpc) is 2.66. The lowest BCUT2D eigenvalue weighted by Crippen LogP contribution is -2.30. The highest BCUT2D eigenvalue weighted by Gasteiger charge is 2.21. The van der Waals surface area contributed by atoms with E-state index in [1.807, 2.05) is 49.4 Å². The summed E-state index contributed by atoms with van der Waals surface area (Å²) in [5.74, 6) is -0.829. The SMILES string of the molecule is Cc1cccc(CNC(=O)C(Cc2ccccn2)c2ccc(F)cc2)c1. The second-order valence-corrected chi connectivity index (χ2v) is 6.34. The van der Waals surface area contributed by atoms with Crippen molar-refractivity contribution in [2.75, 3.05) is 0 Å². The van der Waals surface area contributed by atoms with Crippen LogP contribution in [-0.4, -0.2) is 10.9 Å². The van der Waals surface area contributed by atoms with Gasteiger partial charge in [0.2, 0.25) is 5.91 Å². The van der Waals surface area contributed by atoms with Crippen LogP contribution in [0.3, 0.4) is 0 Å². The van der Waals surface area contributed by atoms with E-state index in [9.17, 15) is 9.18 Å². The van der Waals surface area contributed by atoms with Gasteiger partial charge in [0.15, 0.2) is 0 Å². The standard InChI is InChI=1S/C22H21FN2O/c1-16-5-4-6-17(13-16)15-25-22(26)21(14-20-7-2-3-12-24-20)18-8-10-19(23)11-9-18/h2-13,21H,14-15H2,1H3,(H,25,26). The van der Waals surface area contributed by atoms with Crippen LogP contribution < -0.4 is 5.32 Å². The summed E-state index contributed by atoms with van der Waals surface area (Å²) in [7, 11) is 0. The molecule has 3 aromatic rings. The van der Waals surface area contributed by atoms with Crippen LogP contribution in [0.5, 0.6) is 0 Å². The molecule has 0 bridgehead atoms. The summed E-state index contributed by atoms with van der Waals surface area (Å²) in [5.41, 5.74) is 3.81. The molecule has 1 atom stereocenters. The van der Waals surface area contributed by atoms with Crippen molar-refractivity contribution >= 4 is 5.91 Å². The van der Waals surface area contributed by atoms with Crippen molar-refractivity contribution < 1.29 is 9.18 Å². The Morgan fingerprint density at radius 3 is 2.58 bits per heavy atom. The minimum atomic E-state index is -0.421. The third-order valence-corrected chi connectivity index (χ3v) is 4.28. The number of hydrogen-bond acceptors (Lipinski definition) is 2. The number of halogens is 1. The monoisotopic (exact) mass is 348 g/mol. The number of rotatable bonds is 6. The van der Waals surface area contributed by atoms with Gasteiger partial charge in [-0.3, -0.25) is 9.78 Å². The molecule has 1 unspecified atom stereocenters. The predicted octanol–water partition coefficient (Wildman–Crippen LogP) is 4.17. The number of benzene rings is 2. The van der Waals surface area contributed by atoms with Gasteiger partial charge < -0.3 is 5.32 Å². The molecule has 0 aliphatic rings. The topological polar surface area (TPSA) is 42.0 Å². The van der Waals surface area contributed by atoms with Crippen LogP contribution in [0, 0.1) is 12.7 Å². The smallest absolute Gasteiger partial charge is 0.228 e. The molecule has 132 valence electrons. The number of carbonyl (C=O) groups excluding carboxylic acids is 1. The van der Waals surface area contributed by atoms with Gasteiger partial charge in [0, 0.05) is 24.9 Å². The van der Waals surface area contributed by atoms with E-state index >= 15 is 0 Å². The van der Waals surface area contributed by atoms with Gasteiger partial charge in [0.25, 0.3) is 0 Å². The summed E-state index contributed by atoms with van der Waals surface area (Å²) >= 11 is 0.